The lowest BCUT2D eigenvalue weighted by atomic mass is 9.97. The van der Waals surface area contributed by atoms with E-state index in [1.807, 2.05) is 0 Å². The normalized spacial score (nSPS) is 20.2. The fraction of sp³-hybridized carbons (Fsp3) is 1.00. The summed E-state index contributed by atoms with van der Waals surface area (Å²) in [7, 11) is 2.18. The molecule has 4 nitrogen and oxygen atoms in total. The second-order valence-corrected chi connectivity index (χ2v) is 5.49. The molecule has 0 saturated carbocycles. The summed E-state index contributed by atoms with van der Waals surface area (Å²) in [6.45, 7) is 7.45. The van der Waals surface area contributed by atoms with Gasteiger partial charge in [-0.2, -0.15) is 0 Å². The summed E-state index contributed by atoms with van der Waals surface area (Å²) in [6.07, 6.45) is 4.40. The lowest BCUT2D eigenvalue weighted by Gasteiger charge is -2.29. The van der Waals surface area contributed by atoms with E-state index >= 15 is 0 Å². The van der Waals surface area contributed by atoms with Gasteiger partial charge in [-0.05, 0) is 51.9 Å². The van der Waals surface area contributed by atoms with E-state index in [0.29, 0.717) is 13.2 Å². The summed E-state index contributed by atoms with van der Waals surface area (Å²) in [5.41, 5.74) is 0. The maximum absolute atomic E-state index is 9.72. The molecular weight excluding hydrogens is 228 g/mol. The van der Waals surface area contributed by atoms with E-state index in [2.05, 4.69) is 24.2 Å². The first-order chi connectivity index (χ1) is 8.72. The van der Waals surface area contributed by atoms with E-state index in [9.17, 15) is 5.11 Å². The molecule has 0 aliphatic carbocycles. The zero-order chi connectivity index (χ0) is 13.2. The van der Waals surface area contributed by atoms with Crippen molar-refractivity contribution in [2.24, 2.45) is 5.92 Å². The van der Waals surface area contributed by atoms with Gasteiger partial charge in [0.25, 0.3) is 0 Å². The van der Waals surface area contributed by atoms with Crippen molar-refractivity contribution in [3.05, 3.63) is 0 Å². The molecule has 0 radical (unpaired) electrons. The topological polar surface area (TPSA) is 44.7 Å². The highest BCUT2D eigenvalue weighted by Gasteiger charge is 2.16. The molecule has 0 bridgehead atoms. The summed E-state index contributed by atoms with van der Waals surface area (Å²) < 4.78 is 5.40. The number of hydrogen-bond acceptors (Lipinski definition) is 4. The Labute approximate surface area is 112 Å². The van der Waals surface area contributed by atoms with Gasteiger partial charge in [0.2, 0.25) is 0 Å². The van der Waals surface area contributed by atoms with Gasteiger partial charge < -0.3 is 20.1 Å². The minimum atomic E-state index is -0.367. The Kier molecular flexibility index (Phi) is 8.59. The maximum Gasteiger partial charge on any atom is 0.0897 e. The van der Waals surface area contributed by atoms with Gasteiger partial charge in [0.15, 0.2) is 0 Å². The number of likely N-dealkylation sites (tertiary alicyclic amines) is 1. The molecule has 1 atom stereocenters. The van der Waals surface area contributed by atoms with Crippen LogP contribution in [0.1, 0.15) is 32.6 Å². The predicted molar refractivity (Wildman–Crippen MR) is 74.8 cm³/mol. The van der Waals surface area contributed by atoms with Crippen molar-refractivity contribution < 1.29 is 9.84 Å². The van der Waals surface area contributed by atoms with Crippen LogP contribution in [0, 0.1) is 5.92 Å². The highest BCUT2D eigenvalue weighted by molar-refractivity contribution is 4.72. The van der Waals surface area contributed by atoms with Crippen LogP contribution in [0.25, 0.3) is 0 Å². The Balaban J connectivity index is 1.93. The zero-order valence-corrected chi connectivity index (χ0v) is 12.0. The van der Waals surface area contributed by atoms with Crippen LogP contribution in [0.5, 0.6) is 0 Å². The molecule has 0 aromatic carbocycles. The highest BCUT2D eigenvalue weighted by atomic mass is 16.5. The van der Waals surface area contributed by atoms with Crippen LogP contribution in [0.15, 0.2) is 0 Å². The highest BCUT2D eigenvalue weighted by Crippen LogP contribution is 2.14. The van der Waals surface area contributed by atoms with Crippen molar-refractivity contribution in [3.8, 4) is 0 Å². The lowest BCUT2D eigenvalue weighted by Crippen LogP contribution is -2.38. The van der Waals surface area contributed by atoms with Crippen molar-refractivity contribution in [2.45, 2.75) is 38.7 Å². The van der Waals surface area contributed by atoms with Crippen molar-refractivity contribution in [3.63, 3.8) is 0 Å². The molecule has 2 N–H and O–H groups in total. The van der Waals surface area contributed by atoms with E-state index in [0.717, 1.165) is 31.9 Å². The van der Waals surface area contributed by atoms with Crippen molar-refractivity contribution in [2.75, 3.05) is 46.4 Å². The molecule has 1 saturated heterocycles. The quantitative estimate of drug-likeness (QED) is 0.608. The summed E-state index contributed by atoms with van der Waals surface area (Å²) in [5.74, 6) is 0.773. The molecule has 108 valence electrons. The van der Waals surface area contributed by atoms with E-state index in [-0.39, 0.29) is 6.10 Å². The van der Waals surface area contributed by atoms with Gasteiger partial charge in [0.1, 0.15) is 0 Å². The van der Waals surface area contributed by atoms with Gasteiger partial charge in [0.05, 0.1) is 12.7 Å². The smallest absolute Gasteiger partial charge is 0.0897 e. The third-order valence-corrected chi connectivity index (χ3v) is 3.60. The Morgan fingerprint density at radius 1 is 1.39 bits per heavy atom. The van der Waals surface area contributed by atoms with Gasteiger partial charge in [-0.3, -0.25) is 0 Å². The summed E-state index contributed by atoms with van der Waals surface area (Å²) in [6, 6.07) is 0. The molecule has 0 aromatic rings. The van der Waals surface area contributed by atoms with Gasteiger partial charge in [-0.25, -0.2) is 0 Å². The minimum Gasteiger partial charge on any atom is -0.389 e. The summed E-state index contributed by atoms with van der Waals surface area (Å²) in [5, 5.41) is 13.1. The molecule has 1 rings (SSSR count). The first-order valence-electron chi connectivity index (χ1n) is 7.37. The second kappa shape index (κ2) is 9.73. The van der Waals surface area contributed by atoms with Crippen molar-refractivity contribution in [1.29, 1.82) is 0 Å². The first-order valence-corrected chi connectivity index (χ1v) is 7.37. The summed E-state index contributed by atoms with van der Waals surface area (Å²) >= 11 is 0. The van der Waals surface area contributed by atoms with E-state index in [1.165, 1.54) is 25.9 Å². The molecule has 0 spiro atoms. The van der Waals surface area contributed by atoms with Crippen LogP contribution >= 0.6 is 0 Å². The van der Waals surface area contributed by atoms with E-state index < -0.39 is 0 Å². The van der Waals surface area contributed by atoms with Crippen LogP contribution in [0.2, 0.25) is 0 Å². The lowest BCUT2D eigenvalue weighted by molar-refractivity contribution is 0.0351. The maximum atomic E-state index is 9.72. The number of unbranched alkanes of at least 4 members (excludes halogenated alkanes) is 1. The number of nitrogens with zero attached hydrogens (tertiary/aromatic N) is 1. The molecule has 1 heterocycles. The SMILES string of the molecule is CCCCOCC(O)CNCC1CCN(C)CC1. The third kappa shape index (κ3) is 7.31. The third-order valence-electron chi connectivity index (χ3n) is 3.60. The number of rotatable bonds is 9. The Morgan fingerprint density at radius 2 is 2.11 bits per heavy atom. The van der Waals surface area contributed by atoms with Gasteiger partial charge in [0, 0.05) is 13.2 Å². The number of aliphatic hydroxyl groups is 1. The average Bonchev–Trinajstić information content (AvgIpc) is 2.37. The van der Waals surface area contributed by atoms with Crippen LogP contribution in [-0.2, 0) is 4.74 Å². The van der Waals surface area contributed by atoms with Gasteiger partial charge in [-0.1, -0.05) is 13.3 Å². The molecule has 1 fully saturated rings. The zero-order valence-electron chi connectivity index (χ0n) is 12.0. The van der Waals surface area contributed by atoms with Gasteiger partial charge >= 0.3 is 0 Å². The molecule has 4 heteroatoms. The number of piperidine rings is 1. The average molecular weight is 258 g/mol. The second-order valence-electron chi connectivity index (χ2n) is 5.49. The minimum absolute atomic E-state index is 0.367. The Bertz CT molecular complexity index is 194. The van der Waals surface area contributed by atoms with Crippen LogP contribution in [0.4, 0.5) is 0 Å². The molecule has 0 aromatic heterocycles. The fourth-order valence-electron chi connectivity index (χ4n) is 2.24. The molecule has 0 amide bonds. The molecule has 1 aliphatic heterocycles. The van der Waals surface area contributed by atoms with Crippen molar-refractivity contribution in [1.82, 2.24) is 10.2 Å². The Hall–Kier alpha value is -0.160. The Morgan fingerprint density at radius 3 is 2.78 bits per heavy atom. The first kappa shape index (κ1) is 15.9. The largest absolute Gasteiger partial charge is 0.389 e. The molecule has 1 aliphatic rings. The fourth-order valence-corrected chi connectivity index (χ4v) is 2.24. The standard InChI is InChI=1S/C14H30N2O2/c1-3-4-9-18-12-14(17)11-15-10-13-5-7-16(2)8-6-13/h13-15,17H,3-12H2,1-2H3. The summed E-state index contributed by atoms with van der Waals surface area (Å²) in [4.78, 5) is 2.38. The number of nitrogens with one attached hydrogen (secondary N) is 1. The number of aliphatic hydroxyl groups excluding tert-OH is 1. The van der Waals surface area contributed by atoms with E-state index in [4.69, 9.17) is 4.74 Å². The predicted octanol–water partition coefficient (Wildman–Crippen LogP) is 1.10. The van der Waals surface area contributed by atoms with E-state index in [1.54, 1.807) is 0 Å². The number of ether oxygens (including phenoxy) is 1. The van der Waals surface area contributed by atoms with Crippen LogP contribution in [0.3, 0.4) is 0 Å². The number of hydrogen-bond donors (Lipinski definition) is 2. The van der Waals surface area contributed by atoms with Crippen LogP contribution in [-0.4, -0.2) is 62.6 Å². The van der Waals surface area contributed by atoms with Crippen LogP contribution < -0.4 is 5.32 Å². The van der Waals surface area contributed by atoms with Crippen molar-refractivity contribution >= 4 is 0 Å². The molecule has 1 unspecified atom stereocenters. The monoisotopic (exact) mass is 258 g/mol. The molecule has 18 heavy (non-hydrogen) atoms. The molecular formula is C14H30N2O2. The van der Waals surface area contributed by atoms with Gasteiger partial charge in [-0.15, -0.1) is 0 Å².